The highest BCUT2D eigenvalue weighted by molar-refractivity contribution is 6.25. The first-order valence-corrected chi connectivity index (χ1v) is 12.3. The van der Waals surface area contributed by atoms with Crippen LogP contribution in [-0.2, 0) is 9.59 Å². The number of anilines is 1. The first-order chi connectivity index (χ1) is 18.3. The molecule has 6 atom stereocenters. The Balaban J connectivity index is 1.79. The molecule has 0 radical (unpaired) electrons. The third-order valence-corrected chi connectivity index (χ3v) is 8.38. The van der Waals surface area contributed by atoms with Gasteiger partial charge in [0, 0.05) is 17.1 Å². The number of aliphatic hydroxyl groups is 4. The van der Waals surface area contributed by atoms with Gasteiger partial charge in [0.05, 0.1) is 29.3 Å². The summed E-state index contributed by atoms with van der Waals surface area (Å²) >= 11 is 0. The zero-order valence-electron chi connectivity index (χ0n) is 21.4. The molecule has 5 rings (SSSR count). The molecule has 3 aliphatic rings. The van der Waals surface area contributed by atoms with E-state index in [0.29, 0.717) is 16.7 Å². The molecule has 3 aliphatic carbocycles. The summed E-state index contributed by atoms with van der Waals surface area (Å²) in [6, 6.07) is 9.25. The monoisotopic (exact) mass is 535 g/mol. The second kappa shape index (κ2) is 8.67. The summed E-state index contributed by atoms with van der Waals surface area (Å²) < 4.78 is 0. The number of hydrogen-bond donors (Lipinski definition) is 7. The van der Waals surface area contributed by atoms with Gasteiger partial charge in [0.1, 0.15) is 17.1 Å². The molecule has 1 amide bonds. The SMILES string of the molecule is CC1c2cc(-c3ccccc3)c(N)c(O)c2C(=O)C2=C(O)C3(O)C(=O)C(C(N)=O)=C(O)C(N(C)C)C3C(O)C21. The molecule has 2 aromatic carbocycles. The van der Waals surface area contributed by atoms with Crippen molar-refractivity contribution in [3.63, 3.8) is 0 Å². The highest BCUT2D eigenvalue weighted by Crippen LogP contribution is 2.56. The van der Waals surface area contributed by atoms with Crippen LogP contribution in [0.5, 0.6) is 5.75 Å². The van der Waals surface area contributed by atoms with Crippen LogP contribution < -0.4 is 11.5 Å². The van der Waals surface area contributed by atoms with Crippen LogP contribution in [0.1, 0.15) is 28.8 Å². The molecule has 11 heteroatoms. The number of benzene rings is 2. The van der Waals surface area contributed by atoms with Crippen molar-refractivity contribution in [1.82, 2.24) is 4.90 Å². The molecule has 6 unspecified atom stereocenters. The van der Waals surface area contributed by atoms with Crippen molar-refractivity contribution in [2.45, 2.75) is 30.6 Å². The maximum Gasteiger partial charge on any atom is 0.255 e. The molecule has 9 N–H and O–H groups in total. The normalized spacial score (nSPS) is 30.3. The minimum absolute atomic E-state index is 0.0859. The van der Waals surface area contributed by atoms with Crippen LogP contribution in [0.4, 0.5) is 5.69 Å². The van der Waals surface area contributed by atoms with Crippen molar-refractivity contribution < 1.29 is 39.9 Å². The molecule has 0 saturated carbocycles. The van der Waals surface area contributed by atoms with Crippen LogP contribution in [0, 0.1) is 11.8 Å². The highest BCUT2D eigenvalue weighted by atomic mass is 16.4. The van der Waals surface area contributed by atoms with E-state index in [-0.39, 0.29) is 11.3 Å². The number of aromatic hydroxyl groups is 1. The Morgan fingerprint density at radius 2 is 1.69 bits per heavy atom. The van der Waals surface area contributed by atoms with Gasteiger partial charge < -0.3 is 37.0 Å². The first-order valence-electron chi connectivity index (χ1n) is 12.3. The summed E-state index contributed by atoms with van der Waals surface area (Å²) in [7, 11) is 2.97. The third kappa shape index (κ3) is 3.30. The number of phenolic OH excluding ortho intramolecular Hbond substituents is 1. The fraction of sp³-hybridized carbons (Fsp3) is 0.321. The number of primary amides is 1. The van der Waals surface area contributed by atoms with Crippen LogP contribution in [-0.4, -0.2) is 79.7 Å². The van der Waals surface area contributed by atoms with Crippen LogP contribution in [0.2, 0.25) is 0 Å². The Labute approximate surface area is 223 Å². The average Bonchev–Trinajstić information content (AvgIpc) is 2.88. The van der Waals surface area contributed by atoms with Crippen molar-refractivity contribution in [2.75, 3.05) is 19.8 Å². The number of carbonyl (C=O) groups excluding carboxylic acids is 3. The topological polar surface area (TPSA) is 208 Å². The van der Waals surface area contributed by atoms with Crippen LogP contribution in [0.3, 0.4) is 0 Å². The standard InChI is InChI=1S/C28H29N3O8/c1-10-12-9-13(11-7-5-4-6-8-11)19(29)23(34)15(12)21(32)16-14(10)22(33)18-20(31(2)3)24(35)17(27(30)38)26(37)28(18,39)25(16)36/h4-10,14,18,20,22,33-36,39H,29H2,1-3H3,(H2,30,38). The average molecular weight is 536 g/mol. The fourth-order valence-corrected chi connectivity index (χ4v) is 6.56. The number of nitrogens with two attached hydrogens (primary N) is 2. The second-order valence-corrected chi connectivity index (χ2v) is 10.6. The zero-order valence-corrected chi connectivity index (χ0v) is 21.4. The number of Topliss-reactive ketones (excluding diaryl/α,β-unsaturated/α-hetero) is 2. The minimum atomic E-state index is -2.96. The Morgan fingerprint density at radius 1 is 1.08 bits per heavy atom. The summed E-state index contributed by atoms with van der Waals surface area (Å²) in [5, 5.41) is 56.8. The minimum Gasteiger partial charge on any atom is -0.510 e. The van der Waals surface area contributed by atoms with Gasteiger partial charge in [-0.15, -0.1) is 0 Å². The molecule has 0 spiro atoms. The summed E-state index contributed by atoms with van der Waals surface area (Å²) in [6.07, 6.45) is -1.67. The summed E-state index contributed by atoms with van der Waals surface area (Å²) in [4.78, 5) is 40.8. The predicted molar refractivity (Wildman–Crippen MR) is 140 cm³/mol. The molecule has 11 nitrogen and oxygen atoms in total. The molecule has 2 aromatic rings. The van der Waals surface area contributed by atoms with Crippen molar-refractivity contribution in [3.8, 4) is 16.9 Å². The van der Waals surface area contributed by atoms with Gasteiger partial charge in [-0.05, 0) is 37.2 Å². The zero-order chi connectivity index (χ0) is 28.7. The Bertz CT molecular complexity index is 1510. The molecule has 0 bridgehead atoms. The number of amides is 1. The number of nitrogen functional groups attached to an aromatic ring is 1. The largest absolute Gasteiger partial charge is 0.510 e. The quantitative estimate of drug-likeness (QED) is 0.168. The molecule has 0 saturated heterocycles. The van der Waals surface area contributed by atoms with Gasteiger partial charge >= 0.3 is 0 Å². The number of ketones is 2. The van der Waals surface area contributed by atoms with E-state index in [1.54, 1.807) is 37.3 Å². The Morgan fingerprint density at radius 3 is 2.26 bits per heavy atom. The van der Waals surface area contributed by atoms with Crippen LogP contribution in [0.15, 0.2) is 59.1 Å². The van der Waals surface area contributed by atoms with Gasteiger partial charge in [-0.25, -0.2) is 0 Å². The van der Waals surface area contributed by atoms with Crippen LogP contribution in [0.25, 0.3) is 11.1 Å². The number of likely N-dealkylation sites (N-methyl/N-ethyl adjacent to an activating group) is 1. The molecule has 0 fully saturated rings. The number of phenols is 1. The van der Waals surface area contributed by atoms with Crippen molar-refractivity contribution in [1.29, 1.82) is 0 Å². The van der Waals surface area contributed by atoms with E-state index >= 15 is 0 Å². The lowest BCUT2D eigenvalue weighted by molar-refractivity contribution is -0.162. The van der Waals surface area contributed by atoms with E-state index in [4.69, 9.17) is 11.5 Å². The number of nitrogens with zero attached hydrogens (tertiary/aromatic N) is 1. The fourth-order valence-electron chi connectivity index (χ4n) is 6.56. The maximum absolute atomic E-state index is 13.9. The Hall–Kier alpha value is -4.19. The Kier molecular flexibility index (Phi) is 5.87. The molecule has 39 heavy (non-hydrogen) atoms. The van der Waals surface area contributed by atoms with E-state index < -0.39 is 81.4 Å². The lowest BCUT2D eigenvalue weighted by Gasteiger charge is -2.53. The van der Waals surface area contributed by atoms with E-state index in [0.717, 1.165) is 0 Å². The van der Waals surface area contributed by atoms with E-state index in [1.165, 1.54) is 19.0 Å². The van der Waals surface area contributed by atoms with Crippen LogP contribution >= 0.6 is 0 Å². The number of aliphatic hydroxyl groups excluding tert-OH is 3. The van der Waals surface area contributed by atoms with Gasteiger partial charge in [0.2, 0.25) is 5.78 Å². The predicted octanol–water partition coefficient (Wildman–Crippen LogP) is 0.902. The number of hydrogen-bond acceptors (Lipinski definition) is 10. The third-order valence-electron chi connectivity index (χ3n) is 8.38. The van der Waals surface area contributed by atoms with Crippen molar-refractivity contribution >= 4 is 23.2 Å². The summed E-state index contributed by atoms with van der Waals surface area (Å²) in [5.74, 6) is -9.55. The molecule has 0 heterocycles. The summed E-state index contributed by atoms with van der Waals surface area (Å²) in [6.45, 7) is 1.67. The van der Waals surface area contributed by atoms with E-state index in [1.807, 2.05) is 6.07 Å². The number of carbonyl (C=O) groups is 3. The number of fused-ring (bicyclic) bond motifs is 3. The molecule has 0 aliphatic heterocycles. The smallest absolute Gasteiger partial charge is 0.255 e. The lowest BCUT2D eigenvalue weighted by Crippen LogP contribution is -2.68. The van der Waals surface area contributed by atoms with Gasteiger partial charge in [-0.2, -0.15) is 0 Å². The van der Waals surface area contributed by atoms with E-state index in [9.17, 15) is 39.9 Å². The summed E-state index contributed by atoms with van der Waals surface area (Å²) in [5.41, 5.74) is 8.32. The van der Waals surface area contributed by atoms with E-state index in [2.05, 4.69) is 0 Å². The number of rotatable bonds is 3. The van der Waals surface area contributed by atoms with Gasteiger partial charge in [0.25, 0.3) is 5.91 Å². The van der Waals surface area contributed by atoms with Gasteiger partial charge in [-0.3, -0.25) is 19.3 Å². The first kappa shape index (κ1) is 26.4. The highest BCUT2D eigenvalue weighted by Gasteiger charge is 2.67. The van der Waals surface area contributed by atoms with Gasteiger partial charge in [0.15, 0.2) is 17.1 Å². The molecular formula is C28H29N3O8. The lowest BCUT2D eigenvalue weighted by atomic mass is 9.55. The van der Waals surface area contributed by atoms with Crippen molar-refractivity contribution in [2.24, 2.45) is 17.6 Å². The van der Waals surface area contributed by atoms with Crippen molar-refractivity contribution in [3.05, 3.63) is 70.2 Å². The molecule has 204 valence electrons. The van der Waals surface area contributed by atoms with Gasteiger partial charge in [-0.1, -0.05) is 37.3 Å². The molecule has 0 aromatic heterocycles. The molecular weight excluding hydrogens is 506 g/mol. The maximum atomic E-state index is 13.9. The second-order valence-electron chi connectivity index (χ2n) is 10.6.